The molecule has 0 saturated heterocycles. The molecule has 3 nitrogen and oxygen atoms in total. The van der Waals surface area contributed by atoms with Crippen LogP contribution < -0.4 is 4.74 Å². The Bertz CT molecular complexity index is 461. The van der Waals surface area contributed by atoms with Crippen LogP contribution >= 0.6 is 0 Å². The number of nitrogens with zero attached hydrogens (tertiary/aromatic N) is 1. The van der Waals surface area contributed by atoms with Crippen LogP contribution in [0.1, 0.15) is 12.0 Å². The average Bonchev–Trinajstić information content (AvgIpc) is 2.19. The molecule has 0 amide bonds. The number of phenolic OH excluding ortho intramolecular Hbond substituents is 1. The molecule has 90 valence electrons. The summed E-state index contributed by atoms with van der Waals surface area (Å²) in [5.74, 6) is -0.839. The summed E-state index contributed by atoms with van der Waals surface area (Å²) in [5.41, 5.74) is 0.315. The number of aromatic hydroxyl groups is 1. The number of phenols is 1. The smallest absolute Gasteiger partial charge is 0.507 e. The summed E-state index contributed by atoms with van der Waals surface area (Å²) in [7, 11) is 0. The van der Waals surface area contributed by atoms with Gasteiger partial charge in [-0.2, -0.15) is 5.26 Å². The molecule has 0 heterocycles. The Hall–Kier alpha value is -2.16. The maximum atomic E-state index is 11.9. The van der Waals surface area contributed by atoms with E-state index in [0.29, 0.717) is 5.56 Å². The Morgan fingerprint density at radius 1 is 1.41 bits per heavy atom. The standard InChI is InChI=1S/C11H8F3NO2/c12-11(13,14)17-9-5-4-8(10(16)7-9)3-1-2-6-15/h1,3-5,7,16H,2H2. The third-order valence-electron chi connectivity index (χ3n) is 1.74. The van der Waals surface area contributed by atoms with Gasteiger partial charge in [-0.3, -0.25) is 0 Å². The van der Waals surface area contributed by atoms with Crippen molar-refractivity contribution in [2.75, 3.05) is 0 Å². The Morgan fingerprint density at radius 2 is 2.12 bits per heavy atom. The van der Waals surface area contributed by atoms with Crippen molar-refractivity contribution in [2.45, 2.75) is 12.8 Å². The number of alkyl halides is 3. The fraction of sp³-hybridized carbons (Fsp3) is 0.182. The van der Waals surface area contributed by atoms with Crippen molar-refractivity contribution in [3.8, 4) is 17.6 Å². The van der Waals surface area contributed by atoms with E-state index in [4.69, 9.17) is 5.26 Å². The quantitative estimate of drug-likeness (QED) is 0.886. The van der Waals surface area contributed by atoms with Crippen molar-refractivity contribution in [2.24, 2.45) is 0 Å². The van der Waals surface area contributed by atoms with E-state index in [-0.39, 0.29) is 12.2 Å². The monoisotopic (exact) mass is 243 g/mol. The predicted octanol–water partition coefficient (Wildman–Crippen LogP) is 3.22. The molecule has 0 aliphatic heterocycles. The highest BCUT2D eigenvalue weighted by Gasteiger charge is 2.31. The Kier molecular flexibility index (Phi) is 3.99. The van der Waals surface area contributed by atoms with Crippen LogP contribution in [0.4, 0.5) is 13.2 Å². The van der Waals surface area contributed by atoms with Gasteiger partial charge in [0.25, 0.3) is 0 Å². The summed E-state index contributed by atoms with van der Waals surface area (Å²) >= 11 is 0. The van der Waals surface area contributed by atoms with Crippen LogP contribution in [0.5, 0.6) is 11.5 Å². The lowest BCUT2D eigenvalue weighted by atomic mass is 10.1. The van der Waals surface area contributed by atoms with Gasteiger partial charge in [0, 0.05) is 11.6 Å². The van der Waals surface area contributed by atoms with E-state index in [1.165, 1.54) is 18.2 Å². The molecule has 1 aromatic rings. The van der Waals surface area contributed by atoms with E-state index in [1.54, 1.807) is 0 Å². The molecule has 1 N–H and O–H groups in total. The molecule has 17 heavy (non-hydrogen) atoms. The van der Waals surface area contributed by atoms with Gasteiger partial charge in [-0.25, -0.2) is 0 Å². The minimum Gasteiger partial charge on any atom is -0.507 e. The minimum atomic E-state index is -4.79. The van der Waals surface area contributed by atoms with Crippen LogP contribution in [0, 0.1) is 11.3 Å². The van der Waals surface area contributed by atoms with Crippen molar-refractivity contribution in [3.05, 3.63) is 29.8 Å². The van der Waals surface area contributed by atoms with Crippen LogP contribution in [-0.2, 0) is 0 Å². The molecule has 0 saturated carbocycles. The van der Waals surface area contributed by atoms with E-state index in [9.17, 15) is 18.3 Å². The first-order valence-corrected chi connectivity index (χ1v) is 4.54. The minimum absolute atomic E-state index is 0.153. The van der Waals surface area contributed by atoms with Crippen LogP contribution in [0.3, 0.4) is 0 Å². The molecule has 0 atom stereocenters. The summed E-state index contributed by atoms with van der Waals surface area (Å²) in [5, 5.41) is 17.7. The van der Waals surface area contributed by atoms with Gasteiger partial charge < -0.3 is 9.84 Å². The number of allylic oxidation sites excluding steroid dienone is 1. The van der Waals surface area contributed by atoms with Gasteiger partial charge >= 0.3 is 6.36 Å². The predicted molar refractivity (Wildman–Crippen MR) is 54.1 cm³/mol. The molecule has 0 fully saturated rings. The molecule has 6 heteroatoms. The second-order valence-corrected chi connectivity index (χ2v) is 3.03. The largest absolute Gasteiger partial charge is 0.573 e. The van der Waals surface area contributed by atoms with Crippen molar-refractivity contribution in [1.82, 2.24) is 0 Å². The molecule has 0 unspecified atom stereocenters. The maximum absolute atomic E-state index is 11.9. The van der Waals surface area contributed by atoms with Crippen molar-refractivity contribution in [3.63, 3.8) is 0 Å². The zero-order chi connectivity index (χ0) is 12.9. The van der Waals surface area contributed by atoms with Gasteiger partial charge in [0.2, 0.25) is 0 Å². The van der Waals surface area contributed by atoms with Gasteiger partial charge in [0.05, 0.1) is 12.5 Å². The number of ether oxygens (including phenoxy) is 1. The van der Waals surface area contributed by atoms with E-state index in [0.717, 1.165) is 12.1 Å². The Labute approximate surface area is 95.4 Å². The first-order valence-electron chi connectivity index (χ1n) is 4.54. The lowest BCUT2D eigenvalue weighted by molar-refractivity contribution is -0.274. The van der Waals surface area contributed by atoms with E-state index < -0.39 is 12.1 Å². The van der Waals surface area contributed by atoms with Gasteiger partial charge in [-0.15, -0.1) is 13.2 Å². The topological polar surface area (TPSA) is 53.2 Å². The number of benzene rings is 1. The lowest BCUT2D eigenvalue weighted by Gasteiger charge is -2.09. The maximum Gasteiger partial charge on any atom is 0.573 e. The molecule has 0 aliphatic carbocycles. The van der Waals surface area contributed by atoms with Gasteiger partial charge in [0.15, 0.2) is 0 Å². The van der Waals surface area contributed by atoms with Gasteiger partial charge in [-0.05, 0) is 12.1 Å². The number of nitriles is 1. The highest BCUT2D eigenvalue weighted by molar-refractivity contribution is 5.58. The van der Waals surface area contributed by atoms with Gasteiger partial charge in [0.1, 0.15) is 11.5 Å². The average molecular weight is 243 g/mol. The Morgan fingerprint density at radius 3 is 2.65 bits per heavy atom. The fourth-order valence-electron chi connectivity index (χ4n) is 1.10. The summed E-state index contributed by atoms with van der Waals surface area (Å²) in [6.07, 6.45) is -1.71. The van der Waals surface area contributed by atoms with Gasteiger partial charge in [-0.1, -0.05) is 12.2 Å². The first-order chi connectivity index (χ1) is 7.92. The molecule has 1 rings (SSSR count). The fourth-order valence-corrected chi connectivity index (χ4v) is 1.10. The summed E-state index contributed by atoms with van der Waals surface area (Å²) in [4.78, 5) is 0. The molecular formula is C11H8F3NO2. The van der Waals surface area contributed by atoms with E-state index >= 15 is 0 Å². The third kappa shape index (κ3) is 4.47. The number of halogens is 3. The van der Waals surface area contributed by atoms with E-state index in [2.05, 4.69) is 4.74 Å². The second kappa shape index (κ2) is 5.25. The second-order valence-electron chi connectivity index (χ2n) is 3.03. The molecule has 1 aromatic carbocycles. The van der Waals surface area contributed by atoms with Crippen molar-refractivity contribution in [1.29, 1.82) is 5.26 Å². The third-order valence-corrected chi connectivity index (χ3v) is 1.74. The highest BCUT2D eigenvalue weighted by Crippen LogP contribution is 2.28. The van der Waals surface area contributed by atoms with Crippen LogP contribution in [0.25, 0.3) is 6.08 Å². The first kappa shape index (κ1) is 12.9. The van der Waals surface area contributed by atoms with Crippen LogP contribution in [0.15, 0.2) is 24.3 Å². The zero-order valence-electron chi connectivity index (χ0n) is 8.53. The normalized spacial score (nSPS) is 11.4. The zero-order valence-corrected chi connectivity index (χ0v) is 8.53. The summed E-state index contributed by atoms with van der Waals surface area (Å²) in [6.45, 7) is 0. The number of rotatable bonds is 3. The number of hydrogen-bond acceptors (Lipinski definition) is 3. The number of hydrogen-bond donors (Lipinski definition) is 1. The molecule has 0 bridgehead atoms. The Balaban J connectivity index is 2.84. The molecule has 0 aliphatic rings. The molecule has 0 aromatic heterocycles. The summed E-state index contributed by atoms with van der Waals surface area (Å²) < 4.78 is 39.2. The SMILES string of the molecule is N#CCC=Cc1ccc(OC(F)(F)F)cc1O. The van der Waals surface area contributed by atoms with Crippen LogP contribution in [0.2, 0.25) is 0 Å². The molecule has 0 radical (unpaired) electrons. The molecule has 0 spiro atoms. The van der Waals surface area contributed by atoms with Crippen molar-refractivity contribution >= 4 is 6.08 Å². The van der Waals surface area contributed by atoms with Crippen LogP contribution in [-0.4, -0.2) is 11.5 Å². The molecular weight excluding hydrogens is 235 g/mol. The summed E-state index contributed by atoms with van der Waals surface area (Å²) in [6, 6.07) is 5.07. The van der Waals surface area contributed by atoms with Crippen molar-refractivity contribution < 1.29 is 23.0 Å². The highest BCUT2D eigenvalue weighted by atomic mass is 19.4. The van der Waals surface area contributed by atoms with E-state index in [1.807, 2.05) is 6.07 Å². The lowest BCUT2D eigenvalue weighted by Crippen LogP contribution is -2.16.